The molecule has 1 aromatic carbocycles. The van der Waals surface area contributed by atoms with Crippen molar-refractivity contribution in [1.29, 1.82) is 5.26 Å². The van der Waals surface area contributed by atoms with E-state index in [2.05, 4.69) is 22.3 Å². The molecule has 25 heavy (non-hydrogen) atoms. The van der Waals surface area contributed by atoms with E-state index in [9.17, 15) is 15.2 Å². The molecule has 1 amide bonds. The van der Waals surface area contributed by atoms with Crippen molar-refractivity contribution in [3.8, 4) is 6.07 Å². The third kappa shape index (κ3) is 5.59. The monoisotopic (exact) mass is 342 g/mol. The molecule has 2 N–H and O–H groups in total. The van der Waals surface area contributed by atoms with Gasteiger partial charge in [0, 0.05) is 38.9 Å². The summed E-state index contributed by atoms with van der Waals surface area (Å²) in [5.74, 6) is -0.261. The van der Waals surface area contributed by atoms with Gasteiger partial charge in [0.2, 0.25) is 0 Å². The smallest absolute Gasteiger partial charge is 0.266 e. The van der Waals surface area contributed by atoms with E-state index in [-0.39, 0.29) is 18.1 Å². The van der Waals surface area contributed by atoms with Gasteiger partial charge in [0.1, 0.15) is 11.6 Å². The molecule has 6 nitrogen and oxygen atoms in total. The van der Waals surface area contributed by atoms with Crippen LogP contribution in [0.5, 0.6) is 0 Å². The lowest BCUT2D eigenvalue weighted by Crippen LogP contribution is -2.49. The van der Waals surface area contributed by atoms with Gasteiger partial charge < -0.3 is 15.3 Å². The lowest BCUT2D eigenvalue weighted by Gasteiger charge is -2.34. The molecule has 134 valence electrons. The van der Waals surface area contributed by atoms with Crippen LogP contribution >= 0.6 is 0 Å². The number of nitrogens with zero attached hydrogens (tertiary/aromatic N) is 3. The number of piperazine rings is 1. The predicted octanol–water partition coefficient (Wildman–Crippen LogP) is 1.10. The maximum atomic E-state index is 12.5. The van der Waals surface area contributed by atoms with Gasteiger partial charge in [0.15, 0.2) is 0 Å². The van der Waals surface area contributed by atoms with E-state index >= 15 is 0 Å². The average Bonchev–Trinajstić information content (AvgIpc) is 2.63. The largest absolute Gasteiger partial charge is 0.394 e. The number of aliphatic hydroxyl groups excluding tert-OH is 1. The van der Waals surface area contributed by atoms with Crippen LogP contribution in [-0.2, 0) is 11.3 Å². The Kier molecular flexibility index (Phi) is 6.57. The summed E-state index contributed by atoms with van der Waals surface area (Å²) >= 11 is 0. The van der Waals surface area contributed by atoms with Crippen LogP contribution in [0.15, 0.2) is 42.1 Å². The Morgan fingerprint density at radius 3 is 2.48 bits per heavy atom. The second kappa shape index (κ2) is 8.65. The van der Waals surface area contributed by atoms with Crippen molar-refractivity contribution >= 4 is 5.91 Å². The van der Waals surface area contributed by atoms with Gasteiger partial charge in [0.25, 0.3) is 5.91 Å². The Bertz CT molecular complexity index is 641. The SMILES string of the molecule is CC(C)(CO)N/C=C(/C#N)C(=O)N1CCN(Cc2ccccc2)CC1. The first-order valence-electron chi connectivity index (χ1n) is 8.49. The summed E-state index contributed by atoms with van der Waals surface area (Å²) in [6, 6.07) is 12.2. The van der Waals surface area contributed by atoms with Crippen LogP contribution < -0.4 is 5.32 Å². The molecule has 0 aromatic heterocycles. The Labute approximate surface area is 149 Å². The van der Waals surface area contributed by atoms with E-state index in [0.717, 1.165) is 19.6 Å². The van der Waals surface area contributed by atoms with Crippen molar-refractivity contribution in [2.75, 3.05) is 32.8 Å². The number of aliphatic hydroxyl groups is 1. The molecular weight excluding hydrogens is 316 g/mol. The first-order chi connectivity index (χ1) is 11.9. The molecule has 1 fully saturated rings. The summed E-state index contributed by atoms with van der Waals surface area (Å²) in [5, 5.41) is 21.4. The zero-order valence-corrected chi connectivity index (χ0v) is 14.9. The quantitative estimate of drug-likeness (QED) is 0.598. The minimum Gasteiger partial charge on any atom is -0.394 e. The normalized spacial score (nSPS) is 16.4. The van der Waals surface area contributed by atoms with E-state index in [1.807, 2.05) is 24.3 Å². The summed E-state index contributed by atoms with van der Waals surface area (Å²) in [6.45, 7) is 7.16. The van der Waals surface area contributed by atoms with Gasteiger partial charge in [-0.2, -0.15) is 5.26 Å². The highest BCUT2D eigenvalue weighted by molar-refractivity contribution is 5.97. The van der Waals surface area contributed by atoms with Crippen LogP contribution in [0.2, 0.25) is 0 Å². The minimum absolute atomic E-state index is 0.0676. The van der Waals surface area contributed by atoms with Crippen molar-refractivity contribution in [2.45, 2.75) is 25.9 Å². The molecule has 1 saturated heterocycles. The highest BCUT2D eigenvalue weighted by Gasteiger charge is 2.24. The molecule has 0 aliphatic carbocycles. The zero-order valence-electron chi connectivity index (χ0n) is 14.9. The van der Waals surface area contributed by atoms with Crippen LogP contribution in [0.3, 0.4) is 0 Å². The Morgan fingerprint density at radius 2 is 1.92 bits per heavy atom. The highest BCUT2D eigenvalue weighted by Crippen LogP contribution is 2.11. The van der Waals surface area contributed by atoms with Gasteiger partial charge in [-0.15, -0.1) is 0 Å². The number of hydrogen-bond acceptors (Lipinski definition) is 5. The van der Waals surface area contributed by atoms with Crippen LogP contribution in [0.1, 0.15) is 19.4 Å². The molecule has 0 saturated carbocycles. The molecule has 0 bridgehead atoms. The van der Waals surface area contributed by atoms with E-state index in [4.69, 9.17) is 0 Å². The second-order valence-corrected chi connectivity index (χ2v) is 6.91. The average molecular weight is 342 g/mol. The molecule has 1 aliphatic heterocycles. The van der Waals surface area contributed by atoms with Gasteiger partial charge in [-0.1, -0.05) is 30.3 Å². The molecule has 0 spiro atoms. The lowest BCUT2D eigenvalue weighted by atomic mass is 10.1. The van der Waals surface area contributed by atoms with Crippen molar-refractivity contribution < 1.29 is 9.90 Å². The van der Waals surface area contributed by atoms with Gasteiger partial charge in [-0.05, 0) is 19.4 Å². The maximum Gasteiger partial charge on any atom is 0.266 e. The van der Waals surface area contributed by atoms with Crippen molar-refractivity contribution in [3.63, 3.8) is 0 Å². The fourth-order valence-electron chi connectivity index (χ4n) is 2.58. The summed E-state index contributed by atoms with van der Waals surface area (Å²) < 4.78 is 0. The van der Waals surface area contributed by atoms with Crippen LogP contribution in [0.25, 0.3) is 0 Å². The number of carbonyl (C=O) groups is 1. The topological polar surface area (TPSA) is 79.6 Å². The van der Waals surface area contributed by atoms with Crippen LogP contribution in [0, 0.1) is 11.3 Å². The standard InChI is InChI=1S/C19H26N4O2/c1-19(2,15-24)21-13-17(12-20)18(25)23-10-8-22(9-11-23)14-16-6-4-3-5-7-16/h3-7,13,21,24H,8-11,14-15H2,1-2H3/b17-13-. The predicted molar refractivity (Wildman–Crippen MR) is 96.3 cm³/mol. The number of carbonyl (C=O) groups excluding carboxylic acids is 1. The Balaban J connectivity index is 1.89. The molecule has 1 aromatic rings. The third-order valence-electron chi connectivity index (χ3n) is 4.26. The van der Waals surface area contributed by atoms with E-state index in [1.54, 1.807) is 18.7 Å². The fraction of sp³-hybridized carbons (Fsp3) is 0.474. The van der Waals surface area contributed by atoms with Crippen LogP contribution in [-0.4, -0.2) is 59.1 Å². The van der Waals surface area contributed by atoms with Crippen LogP contribution in [0.4, 0.5) is 0 Å². The number of amides is 1. The molecule has 2 rings (SSSR count). The highest BCUT2D eigenvalue weighted by atomic mass is 16.3. The Morgan fingerprint density at radius 1 is 1.28 bits per heavy atom. The van der Waals surface area contributed by atoms with Gasteiger partial charge in [-0.3, -0.25) is 9.69 Å². The van der Waals surface area contributed by atoms with Gasteiger partial charge >= 0.3 is 0 Å². The summed E-state index contributed by atoms with van der Waals surface area (Å²) in [6.07, 6.45) is 1.41. The van der Waals surface area contributed by atoms with E-state index in [1.165, 1.54) is 11.8 Å². The van der Waals surface area contributed by atoms with E-state index < -0.39 is 5.54 Å². The lowest BCUT2D eigenvalue weighted by molar-refractivity contribution is -0.128. The summed E-state index contributed by atoms with van der Waals surface area (Å²) in [7, 11) is 0. The summed E-state index contributed by atoms with van der Waals surface area (Å²) in [5.41, 5.74) is 0.755. The van der Waals surface area contributed by atoms with Crippen molar-refractivity contribution in [2.24, 2.45) is 0 Å². The summed E-state index contributed by atoms with van der Waals surface area (Å²) in [4.78, 5) is 16.5. The fourth-order valence-corrected chi connectivity index (χ4v) is 2.58. The first kappa shape index (κ1) is 19.0. The number of rotatable bonds is 6. The van der Waals surface area contributed by atoms with Gasteiger partial charge in [0.05, 0.1) is 12.1 Å². The van der Waals surface area contributed by atoms with Crippen molar-refractivity contribution in [3.05, 3.63) is 47.7 Å². The number of benzene rings is 1. The number of nitrogens with one attached hydrogen (secondary N) is 1. The molecule has 1 aliphatic rings. The second-order valence-electron chi connectivity index (χ2n) is 6.91. The number of hydrogen-bond donors (Lipinski definition) is 2. The molecule has 0 unspecified atom stereocenters. The van der Waals surface area contributed by atoms with Gasteiger partial charge in [-0.25, -0.2) is 0 Å². The Hall–Kier alpha value is -2.36. The first-order valence-corrected chi connectivity index (χ1v) is 8.49. The molecule has 1 heterocycles. The molecule has 0 radical (unpaired) electrons. The number of nitriles is 1. The zero-order chi connectivity index (χ0) is 18.3. The molecule has 0 atom stereocenters. The van der Waals surface area contributed by atoms with E-state index in [0.29, 0.717) is 13.1 Å². The third-order valence-corrected chi connectivity index (χ3v) is 4.26. The maximum absolute atomic E-state index is 12.5. The molecule has 6 heteroatoms. The molecular formula is C19H26N4O2. The van der Waals surface area contributed by atoms with Crippen molar-refractivity contribution in [1.82, 2.24) is 15.1 Å². The minimum atomic E-state index is -0.573.